The fourth-order valence-corrected chi connectivity index (χ4v) is 2.42. The van der Waals surface area contributed by atoms with Crippen LogP contribution in [-0.4, -0.2) is 7.11 Å². The molecule has 0 bridgehead atoms. The number of benzene rings is 1. The number of hydrogen-bond acceptors (Lipinski definition) is 3. The van der Waals surface area contributed by atoms with Gasteiger partial charge in [0.1, 0.15) is 11.3 Å². The molecule has 1 heterocycles. The van der Waals surface area contributed by atoms with Gasteiger partial charge in [-0.2, -0.15) is 0 Å². The maximum absolute atomic E-state index is 11.4. The molecule has 0 fully saturated rings. The zero-order chi connectivity index (χ0) is 11.1. The number of methoxy groups -OCH3 is 1. The van der Waals surface area contributed by atoms with E-state index >= 15 is 0 Å². The lowest BCUT2D eigenvalue weighted by Crippen LogP contribution is -2.07. The van der Waals surface area contributed by atoms with Gasteiger partial charge in [-0.1, -0.05) is 0 Å². The Morgan fingerprint density at radius 2 is 1.94 bits per heavy atom. The van der Waals surface area contributed by atoms with Crippen LogP contribution in [-0.2, 0) is 12.8 Å². The fraction of sp³-hybridized carbons (Fsp3) is 0.308. The van der Waals surface area contributed by atoms with E-state index < -0.39 is 0 Å². The first-order valence-electron chi connectivity index (χ1n) is 5.41. The molecule has 0 amide bonds. The topological polar surface area (TPSA) is 39.4 Å². The maximum atomic E-state index is 11.4. The molecule has 0 aliphatic heterocycles. The van der Waals surface area contributed by atoms with Crippen LogP contribution in [0.3, 0.4) is 0 Å². The van der Waals surface area contributed by atoms with Crippen molar-refractivity contribution in [3.63, 3.8) is 0 Å². The van der Waals surface area contributed by atoms with E-state index in [9.17, 15) is 4.79 Å². The van der Waals surface area contributed by atoms with Crippen molar-refractivity contribution >= 4 is 11.0 Å². The average molecular weight is 216 g/mol. The van der Waals surface area contributed by atoms with Gasteiger partial charge < -0.3 is 9.15 Å². The second kappa shape index (κ2) is 3.37. The van der Waals surface area contributed by atoms with E-state index in [-0.39, 0.29) is 5.63 Å². The summed E-state index contributed by atoms with van der Waals surface area (Å²) in [5, 5.41) is 1.10. The van der Waals surface area contributed by atoms with Gasteiger partial charge in [-0.25, -0.2) is 4.79 Å². The van der Waals surface area contributed by atoms with Crippen molar-refractivity contribution in [1.82, 2.24) is 0 Å². The molecular weight excluding hydrogens is 204 g/mol. The largest absolute Gasteiger partial charge is 0.497 e. The highest BCUT2D eigenvalue weighted by Gasteiger charge is 2.16. The summed E-state index contributed by atoms with van der Waals surface area (Å²) in [5.74, 6) is 0.754. The molecule has 3 nitrogen and oxygen atoms in total. The van der Waals surface area contributed by atoms with Gasteiger partial charge in [0.25, 0.3) is 0 Å². The summed E-state index contributed by atoms with van der Waals surface area (Å²) in [7, 11) is 1.62. The molecule has 0 atom stereocenters. The van der Waals surface area contributed by atoms with E-state index in [4.69, 9.17) is 9.15 Å². The summed E-state index contributed by atoms with van der Waals surface area (Å²) >= 11 is 0. The Bertz CT molecular complexity index is 610. The predicted molar refractivity (Wildman–Crippen MR) is 61.1 cm³/mol. The predicted octanol–water partition coefficient (Wildman–Crippen LogP) is 2.29. The highest BCUT2D eigenvalue weighted by atomic mass is 16.5. The lowest BCUT2D eigenvalue weighted by atomic mass is 9.91. The Labute approximate surface area is 92.6 Å². The normalized spacial score (nSPS) is 14.1. The van der Waals surface area contributed by atoms with Gasteiger partial charge in [0.15, 0.2) is 0 Å². The smallest absolute Gasteiger partial charge is 0.336 e. The molecule has 0 radical (unpaired) electrons. The molecule has 0 spiro atoms. The van der Waals surface area contributed by atoms with Crippen LogP contribution in [0.4, 0.5) is 0 Å². The fourth-order valence-electron chi connectivity index (χ4n) is 2.42. The third kappa shape index (κ3) is 1.32. The monoisotopic (exact) mass is 216 g/mol. The summed E-state index contributed by atoms with van der Waals surface area (Å²) in [5.41, 5.74) is 2.70. The number of rotatable bonds is 1. The SMILES string of the molecule is COc1cc2c3c(cc(=O)oc3c1)CCC2. The summed E-state index contributed by atoms with van der Waals surface area (Å²) < 4.78 is 10.4. The van der Waals surface area contributed by atoms with E-state index in [1.807, 2.05) is 6.07 Å². The average Bonchev–Trinajstić information content (AvgIpc) is 2.28. The first kappa shape index (κ1) is 9.46. The minimum absolute atomic E-state index is 0.274. The van der Waals surface area contributed by atoms with E-state index in [0.29, 0.717) is 5.58 Å². The first-order chi connectivity index (χ1) is 7.78. The molecule has 16 heavy (non-hydrogen) atoms. The minimum atomic E-state index is -0.274. The number of aryl methyl sites for hydroxylation is 2. The molecule has 1 aliphatic rings. The molecule has 1 aromatic carbocycles. The number of hydrogen-bond donors (Lipinski definition) is 0. The van der Waals surface area contributed by atoms with Gasteiger partial charge in [-0.05, 0) is 36.5 Å². The van der Waals surface area contributed by atoms with Gasteiger partial charge in [0, 0.05) is 17.5 Å². The van der Waals surface area contributed by atoms with Crippen LogP contribution in [0.2, 0.25) is 0 Å². The second-order valence-corrected chi connectivity index (χ2v) is 4.10. The van der Waals surface area contributed by atoms with Crippen molar-refractivity contribution in [1.29, 1.82) is 0 Å². The van der Waals surface area contributed by atoms with E-state index in [2.05, 4.69) is 0 Å². The van der Waals surface area contributed by atoms with E-state index in [1.165, 1.54) is 5.56 Å². The molecule has 1 aromatic heterocycles. The molecule has 0 saturated carbocycles. The zero-order valence-electron chi connectivity index (χ0n) is 9.08. The first-order valence-corrected chi connectivity index (χ1v) is 5.41. The third-order valence-corrected chi connectivity index (χ3v) is 3.11. The second-order valence-electron chi connectivity index (χ2n) is 4.10. The lowest BCUT2D eigenvalue weighted by molar-refractivity contribution is 0.413. The molecule has 0 saturated heterocycles. The van der Waals surface area contributed by atoms with Gasteiger partial charge in [0.2, 0.25) is 0 Å². The van der Waals surface area contributed by atoms with Crippen molar-refractivity contribution in [3.8, 4) is 5.75 Å². The Morgan fingerprint density at radius 1 is 1.19 bits per heavy atom. The van der Waals surface area contributed by atoms with E-state index in [1.54, 1.807) is 19.2 Å². The highest BCUT2D eigenvalue weighted by molar-refractivity contribution is 5.86. The van der Waals surface area contributed by atoms with E-state index in [0.717, 1.165) is 36.0 Å². The van der Waals surface area contributed by atoms with Crippen molar-refractivity contribution in [2.45, 2.75) is 19.3 Å². The van der Waals surface area contributed by atoms with Crippen LogP contribution in [0, 0.1) is 0 Å². The maximum Gasteiger partial charge on any atom is 0.336 e. The van der Waals surface area contributed by atoms with Crippen molar-refractivity contribution < 1.29 is 9.15 Å². The van der Waals surface area contributed by atoms with Crippen LogP contribution in [0.25, 0.3) is 11.0 Å². The van der Waals surface area contributed by atoms with Crippen LogP contribution in [0.1, 0.15) is 17.5 Å². The van der Waals surface area contributed by atoms with Crippen molar-refractivity contribution in [2.24, 2.45) is 0 Å². The molecule has 1 aliphatic carbocycles. The molecule has 3 heteroatoms. The molecule has 0 unspecified atom stereocenters. The van der Waals surface area contributed by atoms with Crippen LogP contribution < -0.4 is 10.4 Å². The summed E-state index contributed by atoms with van der Waals surface area (Å²) in [4.78, 5) is 11.4. The quantitative estimate of drug-likeness (QED) is 0.686. The van der Waals surface area contributed by atoms with Gasteiger partial charge in [0.05, 0.1) is 7.11 Å². The van der Waals surface area contributed by atoms with Crippen LogP contribution in [0.5, 0.6) is 5.75 Å². The Hall–Kier alpha value is -1.77. The van der Waals surface area contributed by atoms with Crippen LogP contribution >= 0.6 is 0 Å². The Balaban J connectivity index is 2.44. The van der Waals surface area contributed by atoms with Crippen LogP contribution in [0.15, 0.2) is 27.4 Å². The van der Waals surface area contributed by atoms with Gasteiger partial charge >= 0.3 is 5.63 Å². The molecule has 2 aromatic rings. The standard InChI is InChI=1S/C13H12O3/c1-15-10-5-8-3-2-4-9-6-12(14)16-11(7-10)13(8)9/h5-7H,2-4H2,1H3. The zero-order valence-corrected chi connectivity index (χ0v) is 9.08. The Kier molecular flexibility index (Phi) is 1.99. The minimum Gasteiger partial charge on any atom is -0.497 e. The third-order valence-electron chi connectivity index (χ3n) is 3.11. The summed E-state index contributed by atoms with van der Waals surface area (Å²) in [6, 6.07) is 5.43. The Morgan fingerprint density at radius 3 is 2.69 bits per heavy atom. The number of ether oxygens (including phenoxy) is 1. The van der Waals surface area contributed by atoms with Crippen molar-refractivity contribution in [3.05, 3.63) is 39.7 Å². The summed E-state index contributed by atoms with van der Waals surface area (Å²) in [6.07, 6.45) is 3.06. The lowest BCUT2D eigenvalue weighted by Gasteiger charge is -2.16. The van der Waals surface area contributed by atoms with Crippen molar-refractivity contribution in [2.75, 3.05) is 7.11 Å². The molecule has 0 N–H and O–H groups in total. The molecule has 3 rings (SSSR count). The highest BCUT2D eigenvalue weighted by Crippen LogP contribution is 2.32. The summed E-state index contributed by atoms with van der Waals surface area (Å²) in [6.45, 7) is 0. The van der Waals surface area contributed by atoms with Gasteiger partial charge in [-0.15, -0.1) is 0 Å². The molecule has 82 valence electrons. The molecular formula is C13H12O3. The van der Waals surface area contributed by atoms with Gasteiger partial charge in [-0.3, -0.25) is 0 Å².